The van der Waals surface area contributed by atoms with Gasteiger partial charge >= 0.3 is 0 Å². The second-order valence-corrected chi connectivity index (χ2v) is 10.0. The third kappa shape index (κ3) is 3.75. The first kappa shape index (κ1) is 18.5. The van der Waals surface area contributed by atoms with Crippen LogP contribution >= 0.6 is 22.9 Å². The van der Waals surface area contributed by atoms with Crippen LogP contribution < -0.4 is 4.90 Å². The van der Waals surface area contributed by atoms with Crippen LogP contribution in [0.3, 0.4) is 0 Å². The molecule has 0 aliphatic carbocycles. The largest absolute Gasteiger partial charge is 0.369 e. The average molecular weight is 424 g/mol. The number of halogens is 1. The van der Waals surface area contributed by atoms with Gasteiger partial charge in [-0.25, -0.2) is 8.42 Å². The number of sulfonamides is 1. The molecule has 0 spiro atoms. The molecule has 2 aromatic heterocycles. The summed E-state index contributed by atoms with van der Waals surface area (Å²) in [5, 5.41) is 4.55. The summed E-state index contributed by atoms with van der Waals surface area (Å²) >= 11 is 7.14. The van der Waals surface area contributed by atoms with Crippen molar-refractivity contribution in [2.75, 3.05) is 31.1 Å². The van der Waals surface area contributed by atoms with Gasteiger partial charge in [0, 0.05) is 43.0 Å². The Labute approximate surface area is 167 Å². The minimum absolute atomic E-state index is 0.325. The summed E-state index contributed by atoms with van der Waals surface area (Å²) in [6.07, 6.45) is 0. The van der Waals surface area contributed by atoms with Gasteiger partial charge in [-0.05, 0) is 43.3 Å². The minimum atomic E-state index is -3.51. The van der Waals surface area contributed by atoms with Crippen LogP contribution in [0.15, 0.2) is 51.2 Å². The maximum atomic E-state index is 13.0. The highest BCUT2D eigenvalue weighted by molar-refractivity contribution is 7.91. The molecule has 27 heavy (non-hydrogen) atoms. The molecule has 0 unspecified atom stereocenters. The van der Waals surface area contributed by atoms with Gasteiger partial charge in [-0.1, -0.05) is 16.8 Å². The van der Waals surface area contributed by atoms with Crippen molar-refractivity contribution in [1.82, 2.24) is 9.46 Å². The number of hydrogen-bond donors (Lipinski definition) is 0. The Morgan fingerprint density at radius 1 is 1.07 bits per heavy atom. The van der Waals surface area contributed by atoms with Gasteiger partial charge in [-0.2, -0.15) is 4.31 Å². The zero-order chi connectivity index (χ0) is 19.0. The summed E-state index contributed by atoms with van der Waals surface area (Å²) in [6.45, 7) is 4.00. The summed E-state index contributed by atoms with van der Waals surface area (Å²) in [7, 11) is -3.51. The van der Waals surface area contributed by atoms with E-state index in [0.717, 1.165) is 16.3 Å². The molecule has 0 atom stereocenters. The second kappa shape index (κ2) is 7.27. The first-order valence-corrected chi connectivity index (χ1v) is 11.1. The molecule has 1 aliphatic rings. The first-order chi connectivity index (χ1) is 12.9. The topological polar surface area (TPSA) is 66.7 Å². The van der Waals surface area contributed by atoms with Crippen LogP contribution in [-0.4, -0.2) is 44.1 Å². The molecule has 0 amide bonds. The normalized spacial score (nSPS) is 16.0. The number of aromatic nitrogens is 1. The van der Waals surface area contributed by atoms with E-state index in [-0.39, 0.29) is 0 Å². The van der Waals surface area contributed by atoms with Gasteiger partial charge in [0.1, 0.15) is 4.21 Å². The number of anilines is 1. The molecule has 1 saturated heterocycles. The molecule has 3 aromatic rings. The van der Waals surface area contributed by atoms with E-state index >= 15 is 0 Å². The van der Waals surface area contributed by atoms with E-state index in [9.17, 15) is 8.42 Å². The zero-order valence-corrected chi connectivity index (χ0v) is 17.0. The Balaban J connectivity index is 1.47. The van der Waals surface area contributed by atoms with Crippen molar-refractivity contribution in [1.29, 1.82) is 0 Å². The van der Waals surface area contributed by atoms with Gasteiger partial charge in [0.25, 0.3) is 10.0 Å². The first-order valence-electron chi connectivity index (χ1n) is 8.48. The zero-order valence-electron chi connectivity index (χ0n) is 14.6. The Hall–Kier alpha value is -1.87. The third-order valence-electron chi connectivity index (χ3n) is 4.48. The molecule has 142 valence electrons. The fraction of sp³-hybridized carbons (Fsp3) is 0.278. The lowest BCUT2D eigenvalue weighted by atomic mass is 10.2. The minimum Gasteiger partial charge on any atom is -0.369 e. The summed E-state index contributed by atoms with van der Waals surface area (Å²) in [4.78, 5) is 2.92. The molecule has 0 saturated carbocycles. The average Bonchev–Trinajstić information content (AvgIpc) is 3.32. The van der Waals surface area contributed by atoms with Crippen molar-refractivity contribution < 1.29 is 12.9 Å². The summed E-state index contributed by atoms with van der Waals surface area (Å²) in [5.74, 6) is 0.589. The SMILES string of the molecule is Cc1cc(-c2ccc(S(=O)(=O)N3CCN(c4ccc(Cl)cc4)CC3)s2)on1. The maximum Gasteiger partial charge on any atom is 0.252 e. The predicted molar refractivity (Wildman–Crippen MR) is 107 cm³/mol. The van der Waals surface area contributed by atoms with Crippen molar-refractivity contribution in [2.24, 2.45) is 0 Å². The predicted octanol–water partition coefficient (Wildman–Crippen LogP) is 3.88. The third-order valence-corrected chi connectivity index (χ3v) is 8.19. The number of nitrogens with zero attached hydrogens (tertiary/aromatic N) is 3. The molecular formula is C18H18ClN3O3S2. The molecule has 1 aliphatic heterocycles. The van der Waals surface area contributed by atoms with Gasteiger partial charge in [0.15, 0.2) is 5.76 Å². The van der Waals surface area contributed by atoms with Crippen LogP contribution in [0, 0.1) is 6.92 Å². The Morgan fingerprint density at radius 2 is 1.78 bits per heavy atom. The molecule has 9 heteroatoms. The van der Waals surface area contributed by atoms with E-state index in [1.54, 1.807) is 22.5 Å². The fourth-order valence-corrected chi connectivity index (χ4v) is 5.99. The number of benzene rings is 1. The van der Waals surface area contributed by atoms with Gasteiger partial charge < -0.3 is 9.42 Å². The second-order valence-electron chi connectivity index (χ2n) is 6.32. The number of hydrogen-bond acceptors (Lipinski definition) is 6. The van der Waals surface area contributed by atoms with E-state index in [0.29, 0.717) is 41.2 Å². The molecule has 1 fully saturated rings. The van der Waals surface area contributed by atoms with Crippen molar-refractivity contribution in [2.45, 2.75) is 11.1 Å². The molecule has 3 heterocycles. The van der Waals surface area contributed by atoms with E-state index in [4.69, 9.17) is 16.1 Å². The lowest BCUT2D eigenvalue weighted by Gasteiger charge is -2.35. The van der Waals surface area contributed by atoms with Crippen molar-refractivity contribution in [3.8, 4) is 10.6 Å². The van der Waals surface area contributed by atoms with Crippen LogP contribution in [-0.2, 0) is 10.0 Å². The van der Waals surface area contributed by atoms with Crippen molar-refractivity contribution in [3.05, 3.63) is 53.2 Å². The van der Waals surface area contributed by atoms with Crippen LogP contribution in [0.4, 0.5) is 5.69 Å². The Bertz CT molecular complexity index is 1040. The van der Waals surface area contributed by atoms with Crippen LogP contribution in [0.1, 0.15) is 5.69 Å². The molecular weight excluding hydrogens is 406 g/mol. The molecule has 0 N–H and O–H groups in total. The molecule has 0 bridgehead atoms. The summed E-state index contributed by atoms with van der Waals surface area (Å²) in [6, 6.07) is 12.8. The summed E-state index contributed by atoms with van der Waals surface area (Å²) < 4.78 is 33.1. The van der Waals surface area contributed by atoms with E-state index < -0.39 is 10.0 Å². The standard InChI is InChI=1S/C18H18ClN3O3S2/c1-13-12-16(25-20-13)17-6-7-18(26-17)27(23,24)22-10-8-21(9-11-22)15-4-2-14(19)3-5-15/h2-7,12H,8-11H2,1H3. The molecule has 1 aromatic carbocycles. The Morgan fingerprint density at radius 3 is 2.41 bits per heavy atom. The van der Waals surface area contributed by atoms with Crippen LogP contribution in [0.5, 0.6) is 0 Å². The van der Waals surface area contributed by atoms with E-state index in [1.807, 2.05) is 31.2 Å². The maximum absolute atomic E-state index is 13.0. The van der Waals surface area contributed by atoms with Gasteiger partial charge in [-0.3, -0.25) is 0 Å². The van der Waals surface area contributed by atoms with Gasteiger partial charge in [-0.15, -0.1) is 11.3 Å². The lowest BCUT2D eigenvalue weighted by Crippen LogP contribution is -2.48. The van der Waals surface area contributed by atoms with Crippen LogP contribution in [0.2, 0.25) is 5.02 Å². The Kier molecular flexibility index (Phi) is 4.98. The number of thiophene rings is 1. The van der Waals surface area contributed by atoms with Gasteiger partial charge in [0.05, 0.1) is 10.6 Å². The number of aryl methyl sites for hydroxylation is 1. The van der Waals surface area contributed by atoms with Crippen molar-refractivity contribution in [3.63, 3.8) is 0 Å². The monoisotopic (exact) mass is 423 g/mol. The van der Waals surface area contributed by atoms with Crippen LogP contribution in [0.25, 0.3) is 10.6 Å². The molecule has 6 nitrogen and oxygen atoms in total. The van der Waals surface area contributed by atoms with E-state index in [1.165, 1.54) is 11.3 Å². The molecule has 4 rings (SSSR count). The lowest BCUT2D eigenvalue weighted by molar-refractivity contribution is 0.386. The van der Waals surface area contributed by atoms with Crippen molar-refractivity contribution >= 4 is 38.6 Å². The number of rotatable bonds is 4. The van der Waals surface area contributed by atoms with E-state index in [2.05, 4.69) is 10.1 Å². The number of piperazine rings is 1. The fourth-order valence-electron chi connectivity index (χ4n) is 3.04. The quantitative estimate of drug-likeness (QED) is 0.637. The summed E-state index contributed by atoms with van der Waals surface area (Å²) in [5.41, 5.74) is 1.82. The highest BCUT2D eigenvalue weighted by atomic mass is 35.5. The smallest absolute Gasteiger partial charge is 0.252 e. The highest BCUT2D eigenvalue weighted by Gasteiger charge is 2.30. The molecule has 0 radical (unpaired) electrons. The van der Waals surface area contributed by atoms with Gasteiger partial charge in [0.2, 0.25) is 0 Å². The highest BCUT2D eigenvalue weighted by Crippen LogP contribution is 2.33.